The molecular weight excluding hydrogens is 194 g/mol. The predicted octanol–water partition coefficient (Wildman–Crippen LogP) is 0.676. The summed E-state index contributed by atoms with van der Waals surface area (Å²) in [6.45, 7) is 0. The summed E-state index contributed by atoms with van der Waals surface area (Å²) >= 11 is 0. The van der Waals surface area contributed by atoms with Crippen molar-refractivity contribution in [3.05, 3.63) is 24.5 Å². The Morgan fingerprint density at radius 3 is 2.80 bits per heavy atom. The first kappa shape index (κ1) is 11.2. The third-order valence-corrected chi connectivity index (χ3v) is 1.77. The Hall–Kier alpha value is -1.91. The van der Waals surface area contributed by atoms with Gasteiger partial charge in [-0.15, -0.1) is 0 Å². The van der Waals surface area contributed by atoms with Gasteiger partial charge in [-0.25, -0.2) is 0 Å². The first-order valence-electron chi connectivity index (χ1n) is 4.66. The van der Waals surface area contributed by atoms with E-state index in [1.54, 1.807) is 24.5 Å². The molecule has 0 fully saturated rings. The summed E-state index contributed by atoms with van der Waals surface area (Å²) in [6, 6.07) is 3.48. The van der Waals surface area contributed by atoms with Gasteiger partial charge < -0.3 is 11.1 Å². The lowest BCUT2D eigenvalue weighted by molar-refractivity contribution is -0.118. The second-order valence-corrected chi connectivity index (χ2v) is 3.11. The van der Waals surface area contributed by atoms with E-state index in [-0.39, 0.29) is 24.7 Å². The van der Waals surface area contributed by atoms with Gasteiger partial charge in [0, 0.05) is 19.0 Å². The fourth-order valence-electron chi connectivity index (χ4n) is 1.08. The zero-order valence-corrected chi connectivity index (χ0v) is 8.27. The van der Waals surface area contributed by atoms with Crippen LogP contribution in [0.15, 0.2) is 24.5 Å². The van der Waals surface area contributed by atoms with Crippen LogP contribution in [0.4, 0.5) is 5.69 Å². The highest BCUT2D eigenvalue weighted by Crippen LogP contribution is 2.04. The second-order valence-electron chi connectivity index (χ2n) is 3.11. The summed E-state index contributed by atoms with van der Waals surface area (Å²) < 4.78 is 0. The van der Waals surface area contributed by atoms with Gasteiger partial charge >= 0.3 is 0 Å². The standard InChI is InChI=1S/C10H13N3O2/c11-9(14)4-1-5-10(15)13-8-3-2-6-12-7-8/h2-3,6-7H,1,4-5H2,(H2,11,14)(H,13,15). The number of rotatable bonds is 5. The molecule has 0 unspecified atom stereocenters. The van der Waals surface area contributed by atoms with Crippen molar-refractivity contribution in [2.45, 2.75) is 19.3 Å². The van der Waals surface area contributed by atoms with E-state index in [0.29, 0.717) is 12.1 Å². The Morgan fingerprint density at radius 2 is 2.20 bits per heavy atom. The minimum atomic E-state index is -0.385. The fraction of sp³-hybridized carbons (Fsp3) is 0.300. The van der Waals surface area contributed by atoms with Gasteiger partial charge in [0.1, 0.15) is 0 Å². The molecule has 0 atom stereocenters. The number of hydrogen-bond acceptors (Lipinski definition) is 3. The third kappa shape index (κ3) is 4.75. The molecule has 15 heavy (non-hydrogen) atoms. The van der Waals surface area contributed by atoms with E-state index in [2.05, 4.69) is 10.3 Å². The molecule has 1 aromatic heterocycles. The van der Waals surface area contributed by atoms with E-state index in [1.165, 1.54) is 0 Å². The molecule has 80 valence electrons. The zero-order chi connectivity index (χ0) is 11.1. The number of nitrogens with zero attached hydrogens (tertiary/aromatic N) is 1. The maximum atomic E-state index is 11.3. The van der Waals surface area contributed by atoms with E-state index in [9.17, 15) is 9.59 Å². The number of anilines is 1. The third-order valence-electron chi connectivity index (χ3n) is 1.77. The van der Waals surface area contributed by atoms with E-state index in [1.807, 2.05) is 0 Å². The number of hydrogen-bond donors (Lipinski definition) is 2. The Bertz CT molecular complexity index is 338. The lowest BCUT2D eigenvalue weighted by Gasteiger charge is -2.03. The largest absolute Gasteiger partial charge is 0.370 e. The first-order chi connectivity index (χ1) is 7.18. The van der Waals surface area contributed by atoms with Crippen LogP contribution >= 0.6 is 0 Å². The Kier molecular flexibility index (Phi) is 4.28. The second kappa shape index (κ2) is 5.74. The Balaban J connectivity index is 2.28. The van der Waals surface area contributed by atoms with Crippen LogP contribution in [0.25, 0.3) is 0 Å². The lowest BCUT2D eigenvalue weighted by atomic mass is 10.2. The number of nitrogens with one attached hydrogen (secondary N) is 1. The molecule has 0 radical (unpaired) electrons. The molecule has 0 aliphatic rings. The van der Waals surface area contributed by atoms with Crippen LogP contribution < -0.4 is 11.1 Å². The van der Waals surface area contributed by atoms with Crippen LogP contribution in [0.5, 0.6) is 0 Å². The fourth-order valence-corrected chi connectivity index (χ4v) is 1.08. The van der Waals surface area contributed by atoms with E-state index < -0.39 is 0 Å². The number of nitrogens with two attached hydrogens (primary N) is 1. The zero-order valence-electron chi connectivity index (χ0n) is 8.27. The molecule has 0 spiro atoms. The van der Waals surface area contributed by atoms with Crippen LogP contribution in [0.1, 0.15) is 19.3 Å². The number of carbonyl (C=O) groups excluding carboxylic acids is 2. The van der Waals surface area contributed by atoms with Crippen molar-refractivity contribution >= 4 is 17.5 Å². The van der Waals surface area contributed by atoms with Crippen molar-refractivity contribution < 1.29 is 9.59 Å². The maximum Gasteiger partial charge on any atom is 0.224 e. The summed E-state index contributed by atoms with van der Waals surface area (Å²) in [6.07, 6.45) is 4.19. The average Bonchev–Trinajstić information content (AvgIpc) is 2.18. The normalized spacial score (nSPS) is 9.60. The summed E-state index contributed by atoms with van der Waals surface area (Å²) in [5, 5.41) is 2.66. The van der Waals surface area contributed by atoms with Crippen molar-refractivity contribution in [2.24, 2.45) is 5.73 Å². The molecule has 5 heteroatoms. The smallest absolute Gasteiger partial charge is 0.224 e. The quantitative estimate of drug-likeness (QED) is 0.744. The molecule has 2 amide bonds. The van der Waals surface area contributed by atoms with E-state index in [4.69, 9.17) is 5.73 Å². The van der Waals surface area contributed by atoms with Crippen molar-refractivity contribution in [1.82, 2.24) is 4.98 Å². The highest BCUT2D eigenvalue weighted by molar-refractivity contribution is 5.90. The predicted molar refractivity (Wildman–Crippen MR) is 55.9 cm³/mol. The molecule has 0 saturated carbocycles. The van der Waals surface area contributed by atoms with Crippen molar-refractivity contribution in [2.75, 3.05) is 5.32 Å². The topological polar surface area (TPSA) is 85.1 Å². The number of carbonyl (C=O) groups is 2. The minimum Gasteiger partial charge on any atom is -0.370 e. The van der Waals surface area contributed by atoms with E-state index in [0.717, 1.165) is 0 Å². The number of amides is 2. The Labute approximate surface area is 87.7 Å². The van der Waals surface area contributed by atoms with Gasteiger partial charge in [0.05, 0.1) is 11.9 Å². The number of primary amides is 1. The molecule has 0 saturated heterocycles. The van der Waals surface area contributed by atoms with Crippen molar-refractivity contribution in [3.8, 4) is 0 Å². The Morgan fingerprint density at radius 1 is 1.40 bits per heavy atom. The molecule has 0 aliphatic heterocycles. The van der Waals surface area contributed by atoms with Gasteiger partial charge in [-0.05, 0) is 18.6 Å². The monoisotopic (exact) mass is 207 g/mol. The lowest BCUT2D eigenvalue weighted by Crippen LogP contribution is -2.14. The van der Waals surface area contributed by atoms with Gasteiger partial charge in [0.25, 0.3) is 0 Å². The minimum absolute atomic E-state index is 0.135. The van der Waals surface area contributed by atoms with Crippen LogP contribution in [-0.2, 0) is 9.59 Å². The first-order valence-corrected chi connectivity index (χ1v) is 4.66. The van der Waals surface area contributed by atoms with Crippen LogP contribution in [0, 0.1) is 0 Å². The molecule has 0 aliphatic carbocycles. The van der Waals surface area contributed by atoms with Crippen molar-refractivity contribution in [3.63, 3.8) is 0 Å². The van der Waals surface area contributed by atoms with Crippen molar-refractivity contribution in [1.29, 1.82) is 0 Å². The SMILES string of the molecule is NC(=O)CCCC(=O)Nc1cccnc1. The van der Waals surface area contributed by atoms with Gasteiger partial charge in [-0.3, -0.25) is 14.6 Å². The van der Waals surface area contributed by atoms with E-state index >= 15 is 0 Å². The molecular formula is C10H13N3O2. The molecule has 3 N–H and O–H groups in total. The summed E-state index contributed by atoms with van der Waals surface area (Å²) in [7, 11) is 0. The highest BCUT2D eigenvalue weighted by Gasteiger charge is 2.03. The van der Waals surface area contributed by atoms with Gasteiger partial charge in [0.15, 0.2) is 0 Å². The van der Waals surface area contributed by atoms with Crippen LogP contribution in [0.2, 0.25) is 0 Å². The van der Waals surface area contributed by atoms with Gasteiger partial charge in [0.2, 0.25) is 11.8 Å². The van der Waals surface area contributed by atoms with Gasteiger partial charge in [-0.1, -0.05) is 0 Å². The summed E-state index contributed by atoms with van der Waals surface area (Å²) in [5.74, 6) is -0.520. The highest BCUT2D eigenvalue weighted by atomic mass is 16.2. The number of pyridine rings is 1. The molecule has 0 aromatic carbocycles. The summed E-state index contributed by atoms with van der Waals surface area (Å²) in [4.78, 5) is 25.6. The molecule has 5 nitrogen and oxygen atoms in total. The number of aromatic nitrogens is 1. The summed E-state index contributed by atoms with van der Waals surface area (Å²) in [5.41, 5.74) is 5.60. The van der Waals surface area contributed by atoms with Crippen LogP contribution in [-0.4, -0.2) is 16.8 Å². The maximum absolute atomic E-state index is 11.3. The molecule has 0 bridgehead atoms. The molecule has 1 heterocycles. The van der Waals surface area contributed by atoms with Gasteiger partial charge in [-0.2, -0.15) is 0 Å². The van der Waals surface area contributed by atoms with Crippen LogP contribution in [0.3, 0.4) is 0 Å². The molecule has 1 rings (SSSR count). The molecule has 1 aromatic rings. The average molecular weight is 207 g/mol.